The van der Waals surface area contributed by atoms with Gasteiger partial charge in [0.2, 0.25) is 0 Å². The van der Waals surface area contributed by atoms with Gasteiger partial charge in [-0.05, 0) is 24.3 Å². The van der Waals surface area contributed by atoms with Crippen LogP contribution in [-0.2, 0) is 18.9 Å². The van der Waals surface area contributed by atoms with Crippen molar-refractivity contribution in [3.05, 3.63) is 73.3 Å². The Balaban J connectivity index is 2.26. The number of hydrogen-bond donors (Lipinski definition) is 0. The Morgan fingerprint density at radius 3 is 1.79 bits per heavy atom. The minimum absolute atomic E-state index is 0.223. The van der Waals surface area contributed by atoms with Crippen molar-refractivity contribution < 1.29 is 26.2 Å². The second-order valence-electron chi connectivity index (χ2n) is 4.68. The summed E-state index contributed by atoms with van der Waals surface area (Å²) in [5.74, 6) is 0.464. The largest absolute Gasteiger partial charge is 0.448 e. The van der Waals surface area contributed by atoms with Gasteiger partial charge in [-0.2, -0.15) is 8.42 Å². The van der Waals surface area contributed by atoms with Gasteiger partial charge >= 0.3 is 7.60 Å². The second kappa shape index (κ2) is 8.15. The van der Waals surface area contributed by atoms with Crippen LogP contribution in [0.5, 0.6) is 11.5 Å². The van der Waals surface area contributed by atoms with Crippen LogP contribution in [0.25, 0.3) is 0 Å². The summed E-state index contributed by atoms with van der Waals surface area (Å²) in [6.07, 6.45) is 1.28. The van der Waals surface area contributed by atoms with E-state index in [9.17, 15) is 13.0 Å². The first-order chi connectivity index (χ1) is 11.4. The molecular formula is C16H17O6PS. The summed E-state index contributed by atoms with van der Waals surface area (Å²) >= 11 is 0. The Hall–Kier alpha value is -2.08. The van der Waals surface area contributed by atoms with Crippen LogP contribution < -0.4 is 9.05 Å². The van der Waals surface area contributed by atoms with Crippen molar-refractivity contribution in [2.45, 2.75) is 0 Å². The third-order valence-corrected chi connectivity index (χ3v) is 6.66. The molecule has 0 aromatic heterocycles. The molecule has 0 saturated heterocycles. The zero-order valence-electron chi connectivity index (χ0n) is 12.8. The van der Waals surface area contributed by atoms with Gasteiger partial charge in [0.05, 0.1) is 6.61 Å². The van der Waals surface area contributed by atoms with Crippen LogP contribution in [0.15, 0.2) is 73.3 Å². The number of rotatable bonds is 9. The van der Waals surface area contributed by atoms with E-state index in [1.165, 1.54) is 6.08 Å². The van der Waals surface area contributed by atoms with Crippen molar-refractivity contribution >= 4 is 17.7 Å². The van der Waals surface area contributed by atoms with Crippen LogP contribution in [0.3, 0.4) is 0 Å². The van der Waals surface area contributed by atoms with E-state index in [1.807, 2.05) is 0 Å². The van der Waals surface area contributed by atoms with Crippen LogP contribution in [0, 0.1) is 0 Å². The van der Waals surface area contributed by atoms with Crippen molar-refractivity contribution in [1.82, 2.24) is 0 Å². The van der Waals surface area contributed by atoms with E-state index >= 15 is 0 Å². The van der Waals surface area contributed by atoms with E-state index in [1.54, 1.807) is 60.7 Å². The topological polar surface area (TPSA) is 78.9 Å². The fourth-order valence-electron chi connectivity index (χ4n) is 1.74. The van der Waals surface area contributed by atoms with Gasteiger partial charge in [0, 0.05) is 0 Å². The van der Waals surface area contributed by atoms with Crippen molar-refractivity contribution in [2.75, 3.05) is 12.1 Å². The summed E-state index contributed by atoms with van der Waals surface area (Å²) in [5.41, 5.74) is -0.919. The van der Waals surface area contributed by atoms with E-state index in [4.69, 9.17) is 9.05 Å². The molecule has 2 rings (SSSR count). The van der Waals surface area contributed by atoms with Crippen LogP contribution in [0.2, 0.25) is 0 Å². The Morgan fingerprint density at radius 1 is 0.917 bits per heavy atom. The van der Waals surface area contributed by atoms with Gasteiger partial charge in [-0.25, -0.2) is 4.57 Å². The molecule has 0 saturated carbocycles. The lowest BCUT2D eigenvalue weighted by Gasteiger charge is -2.19. The lowest BCUT2D eigenvalue weighted by atomic mass is 10.3. The molecule has 0 aliphatic carbocycles. The molecule has 0 radical (unpaired) electrons. The molecule has 8 heteroatoms. The third-order valence-electron chi connectivity index (χ3n) is 2.66. The fourth-order valence-corrected chi connectivity index (χ4v) is 5.23. The zero-order chi connectivity index (χ0) is 17.5. The molecule has 0 amide bonds. The summed E-state index contributed by atoms with van der Waals surface area (Å²) in [5, 5.41) is 0. The van der Waals surface area contributed by atoms with E-state index in [-0.39, 0.29) is 18.1 Å². The van der Waals surface area contributed by atoms with Crippen LogP contribution in [-0.4, -0.2) is 20.5 Å². The van der Waals surface area contributed by atoms with Gasteiger partial charge in [0.15, 0.2) is 5.49 Å². The normalized spacial score (nSPS) is 11.7. The minimum Gasteiger partial charge on any atom is -0.415 e. The lowest BCUT2D eigenvalue weighted by molar-refractivity contribution is 0.353. The zero-order valence-corrected chi connectivity index (χ0v) is 14.5. The van der Waals surface area contributed by atoms with Gasteiger partial charge in [-0.1, -0.05) is 42.5 Å². The highest BCUT2D eigenvalue weighted by Crippen LogP contribution is 2.49. The number of hydrogen-bond acceptors (Lipinski definition) is 6. The summed E-state index contributed by atoms with van der Waals surface area (Å²) < 4.78 is 52.4. The van der Waals surface area contributed by atoms with Crippen molar-refractivity contribution in [3.8, 4) is 11.5 Å². The molecule has 0 fully saturated rings. The third kappa shape index (κ3) is 5.85. The summed E-state index contributed by atoms with van der Waals surface area (Å²) in [6.45, 7) is 3.15. The smallest absolute Gasteiger partial charge is 0.415 e. The number of para-hydroxylation sites is 2. The maximum Gasteiger partial charge on any atom is 0.448 e. The predicted octanol–water partition coefficient (Wildman–Crippen LogP) is 3.83. The van der Waals surface area contributed by atoms with Crippen LogP contribution in [0.1, 0.15) is 0 Å². The Morgan fingerprint density at radius 2 is 1.38 bits per heavy atom. The number of benzene rings is 2. The standard InChI is InChI=1S/C16H17O6PS/c1-2-13-20-24(18,19)14-23(17,21-15-9-5-3-6-10-15)22-16-11-7-4-8-12-16/h2-12H,1,13-14H2. The molecule has 0 atom stereocenters. The lowest BCUT2D eigenvalue weighted by Crippen LogP contribution is -2.16. The quantitative estimate of drug-likeness (QED) is 0.380. The van der Waals surface area contributed by atoms with Crippen LogP contribution >= 0.6 is 7.60 Å². The van der Waals surface area contributed by atoms with Gasteiger partial charge in [-0.3, -0.25) is 4.18 Å². The van der Waals surface area contributed by atoms with Gasteiger partial charge in [-0.15, -0.1) is 6.58 Å². The van der Waals surface area contributed by atoms with E-state index in [0.717, 1.165) is 0 Å². The molecule has 0 spiro atoms. The first-order valence-electron chi connectivity index (χ1n) is 6.99. The van der Waals surface area contributed by atoms with Gasteiger partial charge in [0.25, 0.3) is 10.1 Å². The van der Waals surface area contributed by atoms with Crippen molar-refractivity contribution in [2.24, 2.45) is 0 Å². The Bertz CT molecular complexity index is 759. The molecule has 2 aromatic rings. The van der Waals surface area contributed by atoms with E-state index in [2.05, 4.69) is 10.8 Å². The Labute approximate surface area is 141 Å². The summed E-state index contributed by atoms with van der Waals surface area (Å²) in [6, 6.07) is 16.4. The molecule has 0 aliphatic rings. The average Bonchev–Trinajstić information content (AvgIpc) is 2.54. The van der Waals surface area contributed by atoms with Crippen LogP contribution in [0.4, 0.5) is 0 Å². The molecule has 0 N–H and O–H groups in total. The second-order valence-corrected chi connectivity index (χ2v) is 8.65. The summed E-state index contributed by atoms with van der Waals surface area (Å²) in [4.78, 5) is 0. The molecule has 6 nitrogen and oxygen atoms in total. The fraction of sp³-hybridized carbons (Fsp3) is 0.125. The molecule has 128 valence electrons. The maximum atomic E-state index is 13.0. The molecule has 24 heavy (non-hydrogen) atoms. The Kier molecular flexibility index (Phi) is 6.20. The maximum absolute atomic E-state index is 13.0. The molecule has 0 unspecified atom stereocenters. The molecule has 2 aromatic carbocycles. The minimum atomic E-state index is -4.13. The SMILES string of the molecule is C=CCOS(=O)(=O)CP(=O)(Oc1ccccc1)Oc1ccccc1. The van der Waals surface area contributed by atoms with Crippen molar-refractivity contribution in [1.29, 1.82) is 0 Å². The van der Waals surface area contributed by atoms with Gasteiger partial charge in [0.1, 0.15) is 11.5 Å². The highest BCUT2D eigenvalue weighted by Gasteiger charge is 2.36. The highest BCUT2D eigenvalue weighted by molar-refractivity contribution is 7.93. The molecule has 0 aliphatic heterocycles. The highest BCUT2D eigenvalue weighted by atomic mass is 32.2. The van der Waals surface area contributed by atoms with Gasteiger partial charge < -0.3 is 9.05 Å². The monoisotopic (exact) mass is 368 g/mol. The molecular weight excluding hydrogens is 351 g/mol. The van der Waals surface area contributed by atoms with E-state index in [0.29, 0.717) is 0 Å². The first kappa shape index (κ1) is 18.3. The molecule has 0 bridgehead atoms. The predicted molar refractivity (Wildman–Crippen MR) is 91.7 cm³/mol. The van der Waals surface area contributed by atoms with Crippen molar-refractivity contribution in [3.63, 3.8) is 0 Å². The average molecular weight is 368 g/mol. The first-order valence-corrected chi connectivity index (χ1v) is 10.3. The molecule has 0 heterocycles. The van der Waals surface area contributed by atoms with E-state index < -0.39 is 23.2 Å². The summed E-state index contributed by atoms with van der Waals surface area (Å²) in [7, 11) is -8.20.